The zero-order valence-corrected chi connectivity index (χ0v) is 11.8. The minimum Gasteiger partial charge on any atom is -0.271 e. The van der Waals surface area contributed by atoms with Gasteiger partial charge in [-0.3, -0.25) is 9.63 Å². The van der Waals surface area contributed by atoms with Crippen molar-refractivity contribution in [3.05, 3.63) is 17.5 Å². The van der Waals surface area contributed by atoms with Crippen molar-refractivity contribution >= 4 is 27.3 Å². The van der Waals surface area contributed by atoms with Crippen molar-refractivity contribution in [2.24, 2.45) is 0 Å². The first-order valence-electron chi connectivity index (χ1n) is 5.10. The number of nitrogens with one attached hydrogen (secondary N) is 1. The molecule has 0 saturated heterocycles. The van der Waals surface area contributed by atoms with E-state index < -0.39 is 35.3 Å². The highest BCUT2D eigenvalue weighted by atomic mass is 32.2. The van der Waals surface area contributed by atoms with E-state index in [-0.39, 0.29) is 4.21 Å². The van der Waals surface area contributed by atoms with E-state index in [0.717, 1.165) is 18.4 Å². The average molecular weight is 332 g/mol. The Kier molecular flexibility index (Phi) is 5.50. The summed E-state index contributed by atoms with van der Waals surface area (Å²) >= 11 is 0.965. The highest BCUT2D eigenvalue weighted by molar-refractivity contribution is 7.91. The Morgan fingerprint density at radius 3 is 2.65 bits per heavy atom. The molecule has 0 aromatic carbocycles. The standard InChI is InChI=1S/C9H11F3N2O4S2/c1-14(20(16,17)8-3-2-4-19-8)5-7(15)13-18-6-9(10,11)12/h2-4H,5-6H2,1H3,(H,13,15). The van der Waals surface area contributed by atoms with Crippen LogP contribution in [0.5, 0.6) is 0 Å². The molecule has 0 saturated carbocycles. The number of nitrogens with zero attached hydrogens (tertiary/aromatic N) is 1. The third kappa shape index (κ3) is 5.07. The number of hydrogen-bond acceptors (Lipinski definition) is 5. The largest absolute Gasteiger partial charge is 0.414 e. The van der Waals surface area contributed by atoms with Gasteiger partial charge in [-0.25, -0.2) is 13.9 Å². The SMILES string of the molecule is CN(CC(=O)NOCC(F)(F)F)S(=O)(=O)c1cccs1. The Balaban J connectivity index is 2.50. The zero-order valence-electron chi connectivity index (χ0n) is 10.2. The molecule has 20 heavy (non-hydrogen) atoms. The molecule has 1 N–H and O–H groups in total. The van der Waals surface area contributed by atoms with E-state index in [9.17, 15) is 26.4 Å². The summed E-state index contributed by atoms with van der Waals surface area (Å²) in [5.41, 5.74) is 1.53. The van der Waals surface area contributed by atoms with E-state index in [1.807, 2.05) is 0 Å². The second-order valence-corrected chi connectivity index (χ2v) is 6.84. The maximum atomic E-state index is 11.9. The minimum atomic E-state index is -4.58. The first kappa shape index (κ1) is 16.9. The van der Waals surface area contributed by atoms with Crippen LogP contribution in [0.1, 0.15) is 0 Å². The maximum absolute atomic E-state index is 11.9. The van der Waals surface area contributed by atoms with Crippen LogP contribution in [-0.2, 0) is 19.7 Å². The van der Waals surface area contributed by atoms with E-state index in [1.54, 1.807) is 5.38 Å². The molecule has 0 atom stereocenters. The summed E-state index contributed by atoms with van der Waals surface area (Å²) in [7, 11) is -2.69. The van der Waals surface area contributed by atoms with Crippen LogP contribution in [-0.4, -0.2) is 45.0 Å². The molecule has 0 spiro atoms. The molecule has 0 aliphatic carbocycles. The van der Waals surface area contributed by atoms with Crippen molar-refractivity contribution in [1.82, 2.24) is 9.79 Å². The van der Waals surface area contributed by atoms with Gasteiger partial charge in [-0.2, -0.15) is 17.5 Å². The van der Waals surface area contributed by atoms with E-state index in [0.29, 0.717) is 4.31 Å². The Hall–Kier alpha value is -1.17. The summed E-state index contributed by atoms with van der Waals surface area (Å²) in [4.78, 5) is 15.2. The molecule has 0 bridgehead atoms. The van der Waals surface area contributed by atoms with E-state index in [4.69, 9.17) is 0 Å². The predicted molar refractivity (Wildman–Crippen MR) is 64.3 cm³/mol. The fraction of sp³-hybridized carbons (Fsp3) is 0.444. The first-order valence-corrected chi connectivity index (χ1v) is 7.42. The lowest BCUT2D eigenvalue weighted by Gasteiger charge is -2.15. The number of carbonyl (C=O) groups is 1. The first-order chi connectivity index (χ1) is 9.13. The fourth-order valence-electron chi connectivity index (χ4n) is 1.08. The molecule has 0 fully saturated rings. The number of thiophene rings is 1. The van der Waals surface area contributed by atoms with Crippen LogP contribution >= 0.6 is 11.3 Å². The molecule has 11 heteroatoms. The minimum absolute atomic E-state index is 0.0315. The van der Waals surface area contributed by atoms with E-state index >= 15 is 0 Å². The van der Waals surface area contributed by atoms with E-state index in [1.165, 1.54) is 17.6 Å². The van der Waals surface area contributed by atoms with Gasteiger partial charge in [0.05, 0.1) is 6.54 Å². The van der Waals surface area contributed by atoms with Gasteiger partial charge in [0.1, 0.15) is 4.21 Å². The molecular formula is C9H11F3N2O4S2. The monoisotopic (exact) mass is 332 g/mol. The van der Waals surface area contributed by atoms with Crippen LogP contribution in [0.4, 0.5) is 13.2 Å². The summed E-state index contributed by atoms with van der Waals surface area (Å²) in [6.45, 7) is -2.31. The van der Waals surface area contributed by atoms with Crippen molar-refractivity contribution < 1.29 is 31.2 Å². The number of rotatable bonds is 6. The summed E-state index contributed by atoms with van der Waals surface area (Å²) < 4.78 is 59.8. The van der Waals surface area contributed by atoms with Crippen molar-refractivity contribution in [3.8, 4) is 0 Å². The van der Waals surface area contributed by atoms with Gasteiger partial charge >= 0.3 is 6.18 Å². The third-order valence-corrected chi connectivity index (χ3v) is 5.12. The number of likely N-dealkylation sites (N-methyl/N-ethyl adjacent to an activating group) is 1. The molecule has 1 aromatic heterocycles. The van der Waals surface area contributed by atoms with Gasteiger partial charge in [0.2, 0.25) is 0 Å². The number of hydrogen-bond donors (Lipinski definition) is 1. The second kappa shape index (κ2) is 6.52. The van der Waals surface area contributed by atoms with Crippen LogP contribution in [0.3, 0.4) is 0 Å². The van der Waals surface area contributed by atoms with Crippen molar-refractivity contribution in [3.63, 3.8) is 0 Å². The Morgan fingerprint density at radius 1 is 1.50 bits per heavy atom. The molecule has 0 unspecified atom stereocenters. The molecule has 0 radical (unpaired) electrons. The summed E-state index contributed by atoms with van der Waals surface area (Å²) in [6, 6.07) is 2.88. The highest BCUT2D eigenvalue weighted by Crippen LogP contribution is 2.19. The van der Waals surface area contributed by atoms with Gasteiger partial charge < -0.3 is 0 Å². The van der Waals surface area contributed by atoms with Crippen LogP contribution in [0.2, 0.25) is 0 Å². The van der Waals surface area contributed by atoms with Gasteiger partial charge in [-0.05, 0) is 11.4 Å². The van der Waals surface area contributed by atoms with E-state index in [2.05, 4.69) is 4.84 Å². The smallest absolute Gasteiger partial charge is 0.271 e. The molecule has 0 aliphatic rings. The lowest BCUT2D eigenvalue weighted by molar-refractivity contribution is -0.191. The van der Waals surface area contributed by atoms with Crippen molar-refractivity contribution in [2.75, 3.05) is 20.2 Å². The normalized spacial score (nSPS) is 12.7. The van der Waals surface area contributed by atoms with Gasteiger partial charge in [-0.1, -0.05) is 6.07 Å². The van der Waals surface area contributed by atoms with Gasteiger partial charge in [-0.15, -0.1) is 11.3 Å². The molecule has 0 aliphatic heterocycles. The highest BCUT2D eigenvalue weighted by Gasteiger charge is 2.29. The quantitative estimate of drug-likeness (QED) is 0.788. The lowest BCUT2D eigenvalue weighted by atomic mass is 10.6. The van der Waals surface area contributed by atoms with Crippen LogP contribution in [0.15, 0.2) is 21.7 Å². The molecule has 1 rings (SSSR count). The number of halogens is 3. The molecule has 6 nitrogen and oxygen atoms in total. The van der Waals surface area contributed by atoms with Crippen molar-refractivity contribution in [2.45, 2.75) is 10.4 Å². The number of sulfonamides is 1. The number of alkyl halides is 3. The maximum Gasteiger partial charge on any atom is 0.414 e. The lowest BCUT2D eigenvalue weighted by Crippen LogP contribution is -2.39. The van der Waals surface area contributed by atoms with Crippen LogP contribution < -0.4 is 5.48 Å². The second-order valence-electron chi connectivity index (χ2n) is 3.62. The topological polar surface area (TPSA) is 75.7 Å². The summed E-state index contributed by atoms with van der Waals surface area (Å²) in [5, 5.41) is 1.55. The Labute approximate surface area is 117 Å². The van der Waals surface area contributed by atoms with Gasteiger partial charge in [0, 0.05) is 7.05 Å². The Bertz CT molecular complexity index is 542. The molecule has 1 heterocycles. The van der Waals surface area contributed by atoms with Gasteiger partial charge in [0.25, 0.3) is 15.9 Å². The molecule has 1 amide bonds. The van der Waals surface area contributed by atoms with Crippen molar-refractivity contribution in [1.29, 1.82) is 0 Å². The fourth-order valence-corrected chi connectivity index (χ4v) is 3.41. The summed E-state index contributed by atoms with van der Waals surface area (Å²) in [6.07, 6.45) is -4.58. The third-order valence-electron chi connectivity index (χ3n) is 1.95. The van der Waals surface area contributed by atoms with Gasteiger partial charge in [0.15, 0.2) is 6.61 Å². The number of carbonyl (C=O) groups excluding carboxylic acids is 1. The predicted octanol–water partition coefficient (Wildman–Crippen LogP) is 0.979. The van der Waals surface area contributed by atoms with Crippen LogP contribution in [0.25, 0.3) is 0 Å². The Morgan fingerprint density at radius 2 is 2.15 bits per heavy atom. The van der Waals surface area contributed by atoms with Crippen LogP contribution in [0, 0.1) is 0 Å². The summed E-state index contributed by atoms with van der Waals surface area (Å²) in [5.74, 6) is -1.00. The molecular weight excluding hydrogens is 321 g/mol. The zero-order chi connectivity index (χ0) is 15.4. The number of hydroxylamine groups is 1. The molecule has 114 valence electrons. The number of amides is 1. The molecule has 1 aromatic rings. The average Bonchev–Trinajstić information content (AvgIpc) is 2.80.